The van der Waals surface area contributed by atoms with Crippen LogP contribution in [0.15, 0.2) is 48.5 Å². The third-order valence-electron chi connectivity index (χ3n) is 4.94. The fourth-order valence-electron chi connectivity index (χ4n) is 3.31. The van der Waals surface area contributed by atoms with E-state index in [2.05, 4.69) is 15.0 Å². The molecule has 3 heterocycles. The van der Waals surface area contributed by atoms with Crippen LogP contribution in [0.5, 0.6) is 5.75 Å². The van der Waals surface area contributed by atoms with Crippen molar-refractivity contribution < 1.29 is 26.4 Å². The minimum atomic E-state index is -3.88. The van der Waals surface area contributed by atoms with Crippen molar-refractivity contribution in [3.8, 4) is 5.75 Å². The number of aromatic hydroxyl groups is 1. The van der Waals surface area contributed by atoms with Crippen LogP contribution in [-0.2, 0) is 20.0 Å². The lowest BCUT2D eigenvalue weighted by Gasteiger charge is -2.26. The summed E-state index contributed by atoms with van der Waals surface area (Å²) in [5.41, 5.74) is -0.260. The second-order valence-corrected chi connectivity index (χ2v) is 13.0. The fourth-order valence-corrected chi connectivity index (χ4v) is 7.11. The first-order valence-corrected chi connectivity index (χ1v) is 14.1. The van der Waals surface area contributed by atoms with E-state index < -0.39 is 37.3 Å². The van der Waals surface area contributed by atoms with Crippen molar-refractivity contribution >= 4 is 42.9 Å². The Hall–Kier alpha value is -2.35. The van der Waals surface area contributed by atoms with Gasteiger partial charge in [0.25, 0.3) is 20.0 Å². The highest BCUT2D eigenvalue weighted by Crippen LogP contribution is 2.41. The minimum Gasteiger partial charge on any atom is -0.504 e. The van der Waals surface area contributed by atoms with Crippen molar-refractivity contribution in [1.82, 2.24) is 9.03 Å². The smallest absolute Gasteiger partial charge is 0.258 e. The van der Waals surface area contributed by atoms with Crippen molar-refractivity contribution in [2.24, 2.45) is 10.4 Å². The van der Waals surface area contributed by atoms with E-state index in [-0.39, 0.29) is 34.5 Å². The maximum atomic E-state index is 12.8. The van der Waals surface area contributed by atoms with Crippen LogP contribution in [-0.4, -0.2) is 45.2 Å². The van der Waals surface area contributed by atoms with Crippen LogP contribution < -0.4 is 10.0 Å². The average molecular weight is 517 g/mol. The van der Waals surface area contributed by atoms with Crippen LogP contribution in [0, 0.1) is 5.41 Å². The highest BCUT2D eigenvalue weighted by Gasteiger charge is 2.34. The summed E-state index contributed by atoms with van der Waals surface area (Å²) in [6.07, 6.45) is 1.52. The molecular weight excluding hydrogens is 488 g/mol. The normalized spacial score (nSPS) is 18.4. The van der Waals surface area contributed by atoms with Gasteiger partial charge in [-0.2, -0.15) is 4.31 Å². The SMILES string of the molecule is CCN(CC)S(=O)(=O)c1scc(NC2=CS(=O)(=O)NC2=N[C@@H](c2ccco2)C(C)(C)C)c1O. The molecule has 2 aromatic rings. The van der Waals surface area contributed by atoms with E-state index >= 15 is 0 Å². The molecule has 10 nitrogen and oxygen atoms in total. The van der Waals surface area contributed by atoms with Gasteiger partial charge < -0.3 is 14.8 Å². The number of aliphatic imine (C=N–C) groups is 1. The summed E-state index contributed by atoms with van der Waals surface area (Å²) in [7, 11) is -7.70. The standard InChI is InChI=1S/C20H28N4O6S3/c1-6-24(7-2)33(28,29)19-16(25)13(11-31-19)21-14-12-32(26,27)23-18(14)22-17(20(3,4)5)15-9-8-10-30-15/h8-12,17,21,25H,6-7H2,1-5H3,(H,22,23)/t17-/m0/s1. The molecule has 0 amide bonds. The summed E-state index contributed by atoms with van der Waals surface area (Å²) >= 11 is 0.849. The summed E-state index contributed by atoms with van der Waals surface area (Å²) in [6.45, 7) is 9.75. The molecule has 1 aliphatic rings. The predicted molar refractivity (Wildman–Crippen MR) is 128 cm³/mol. The second-order valence-electron chi connectivity index (χ2n) is 8.44. The van der Waals surface area contributed by atoms with Gasteiger partial charge in [-0.15, -0.1) is 11.3 Å². The third-order valence-corrected chi connectivity index (χ3v) is 9.50. The third kappa shape index (κ3) is 5.26. The summed E-state index contributed by atoms with van der Waals surface area (Å²) < 4.78 is 59.1. The number of thiophene rings is 1. The van der Waals surface area contributed by atoms with E-state index in [4.69, 9.17) is 4.42 Å². The predicted octanol–water partition coefficient (Wildman–Crippen LogP) is 3.45. The zero-order valence-electron chi connectivity index (χ0n) is 19.0. The molecule has 0 bridgehead atoms. The van der Waals surface area contributed by atoms with E-state index in [9.17, 15) is 21.9 Å². The Morgan fingerprint density at radius 1 is 1.30 bits per heavy atom. The highest BCUT2D eigenvalue weighted by atomic mass is 32.2. The molecule has 0 saturated carbocycles. The zero-order chi connectivity index (χ0) is 24.6. The van der Waals surface area contributed by atoms with E-state index in [0.717, 1.165) is 16.7 Å². The summed E-state index contributed by atoms with van der Waals surface area (Å²) in [5, 5.41) is 15.8. The Bertz CT molecular complexity index is 1270. The van der Waals surface area contributed by atoms with Gasteiger partial charge in [-0.1, -0.05) is 34.6 Å². The van der Waals surface area contributed by atoms with Gasteiger partial charge in [0.2, 0.25) is 0 Å². The van der Waals surface area contributed by atoms with Crippen LogP contribution in [0.25, 0.3) is 0 Å². The maximum absolute atomic E-state index is 12.8. The van der Waals surface area contributed by atoms with Crippen molar-refractivity contribution in [1.29, 1.82) is 0 Å². The quantitative estimate of drug-likeness (QED) is 0.488. The molecule has 3 rings (SSSR count). The zero-order valence-corrected chi connectivity index (χ0v) is 21.4. The molecule has 0 aromatic carbocycles. The monoisotopic (exact) mass is 516 g/mol. The van der Waals surface area contributed by atoms with Crippen LogP contribution in [0.2, 0.25) is 0 Å². The van der Waals surface area contributed by atoms with Crippen molar-refractivity contribution in [2.45, 2.75) is 44.9 Å². The van der Waals surface area contributed by atoms with Gasteiger partial charge in [0.05, 0.1) is 23.1 Å². The molecule has 0 radical (unpaired) electrons. The average Bonchev–Trinajstić information content (AvgIpc) is 3.40. The molecule has 0 spiro atoms. The van der Waals surface area contributed by atoms with E-state index in [1.807, 2.05) is 20.8 Å². The number of amidine groups is 1. The Labute approximate surface area is 198 Å². The molecule has 0 saturated heterocycles. The van der Waals surface area contributed by atoms with Gasteiger partial charge in [0.15, 0.2) is 15.8 Å². The van der Waals surface area contributed by atoms with Crippen molar-refractivity contribution in [3.05, 3.63) is 40.6 Å². The number of nitrogens with zero attached hydrogens (tertiary/aromatic N) is 2. The Balaban J connectivity index is 1.99. The minimum absolute atomic E-state index is 0.0325. The Kier molecular flexibility index (Phi) is 6.99. The first kappa shape index (κ1) is 25.3. The number of hydrogen-bond acceptors (Lipinski definition) is 9. The first-order valence-electron chi connectivity index (χ1n) is 10.2. The molecular formula is C20H28N4O6S3. The summed E-state index contributed by atoms with van der Waals surface area (Å²) in [6, 6.07) is 2.97. The number of anilines is 1. The lowest BCUT2D eigenvalue weighted by molar-refractivity contribution is 0.287. The number of rotatable bonds is 8. The van der Waals surface area contributed by atoms with Gasteiger partial charge in [-0.05, 0) is 17.5 Å². The molecule has 13 heteroatoms. The summed E-state index contributed by atoms with van der Waals surface area (Å²) in [5.74, 6) is 0.117. The number of sulfonamides is 2. The molecule has 182 valence electrons. The Morgan fingerprint density at radius 2 is 1.97 bits per heavy atom. The molecule has 33 heavy (non-hydrogen) atoms. The van der Waals surface area contributed by atoms with Gasteiger partial charge in [-0.3, -0.25) is 9.71 Å². The molecule has 0 fully saturated rings. The van der Waals surface area contributed by atoms with Crippen molar-refractivity contribution in [3.63, 3.8) is 0 Å². The van der Waals surface area contributed by atoms with Crippen molar-refractivity contribution in [2.75, 3.05) is 18.4 Å². The summed E-state index contributed by atoms with van der Waals surface area (Å²) in [4.78, 5) is 4.60. The maximum Gasteiger partial charge on any atom is 0.258 e. The number of furan rings is 1. The molecule has 0 unspecified atom stereocenters. The van der Waals surface area contributed by atoms with Crippen LogP contribution >= 0.6 is 11.3 Å². The Morgan fingerprint density at radius 3 is 2.52 bits per heavy atom. The molecule has 1 atom stereocenters. The lowest BCUT2D eigenvalue weighted by atomic mass is 9.85. The van der Waals surface area contributed by atoms with Gasteiger partial charge in [-0.25, -0.2) is 16.8 Å². The van der Waals surface area contributed by atoms with Crippen LogP contribution in [0.3, 0.4) is 0 Å². The number of nitrogens with one attached hydrogen (secondary N) is 2. The second kappa shape index (κ2) is 9.12. The molecule has 3 N–H and O–H groups in total. The lowest BCUT2D eigenvalue weighted by Crippen LogP contribution is -2.30. The van der Waals surface area contributed by atoms with Gasteiger partial charge >= 0.3 is 0 Å². The molecule has 0 aliphatic carbocycles. The largest absolute Gasteiger partial charge is 0.504 e. The topological polar surface area (TPSA) is 141 Å². The molecule has 2 aromatic heterocycles. The van der Waals surface area contributed by atoms with E-state index in [1.165, 1.54) is 15.9 Å². The highest BCUT2D eigenvalue weighted by molar-refractivity contribution is 7.93. The fraction of sp³-hybridized carbons (Fsp3) is 0.450. The van der Waals surface area contributed by atoms with Gasteiger partial charge in [0, 0.05) is 18.5 Å². The van der Waals surface area contributed by atoms with E-state index in [0.29, 0.717) is 5.76 Å². The van der Waals surface area contributed by atoms with E-state index in [1.54, 1.807) is 26.0 Å². The van der Waals surface area contributed by atoms with Crippen LogP contribution in [0.4, 0.5) is 5.69 Å². The van der Waals surface area contributed by atoms with Gasteiger partial charge in [0.1, 0.15) is 11.8 Å². The molecule has 1 aliphatic heterocycles. The number of hydrogen-bond donors (Lipinski definition) is 3. The first-order chi connectivity index (χ1) is 15.3. The van der Waals surface area contributed by atoms with Crippen LogP contribution in [0.1, 0.15) is 46.4 Å².